The topological polar surface area (TPSA) is 55.9 Å². The van der Waals surface area contributed by atoms with Gasteiger partial charge in [-0.25, -0.2) is 4.39 Å². The zero-order valence-corrected chi connectivity index (χ0v) is 20.6. The highest BCUT2D eigenvalue weighted by atomic mass is 32.1. The average molecular weight is 495 g/mol. The van der Waals surface area contributed by atoms with Gasteiger partial charge in [0.15, 0.2) is 0 Å². The second-order valence-corrected chi connectivity index (χ2v) is 10.8. The average Bonchev–Trinajstić information content (AvgIpc) is 3.40. The van der Waals surface area contributed by atoms with Crippen LogP contribution < -0.4 is 10.2 Å². The maximum Gasteiger partial charge on any atom is 0.243 e. The number of anilines is 1. The number of benzene rings is 2. The fourth-order valence-corrected chi connectivity index (χ4v) is 6.80. The molecular formula is C27H31FN4O2S. The Morgan fingerprint density at radius 2 is 1.80 bits per heavy atom. The van der Waals surface area contributed by atoms with E-state index in [0.717, 1.165) is 56.6 Å². The number of piperidine rings is 2. The molecule has 4 aliphatic heterocycles. The van der Waals surface area contributed by atoms with Crippen LogP contribution in [-0.4, -0.2) is 53.3 Å². The number of carbonyl (C=O) groups excluding carboxylic acids is 2. The summed E-state index contributed by atoms with van der Waals surface area (Å²) < 4.78 is 13.6. The van der Waals surface area contributed by atoms with Crippen molar-refractivity contribution in [3.05, 3.63) is 64.5 Å². The summed E-state index contributed by atoms with van der Waals surface area (Å²) in [5, 5.41) is 2.34. The van der Waals surface area contributed by atoms with Gasteiger partial charge in [-0.3, -0.25) is 24.7 Å². The molecule has 0 radical (unpaired) electrons. The van der Waals surface area contributed by atoms with E-state index in [1.165, 1.54) is 16.8 Å². The Kier molecular flexibility index (Phi) is 6.06. The molecule has 2 fully saturated rings. The Labute approximate surface area is 210 Å². The molecule has 1 N–H and O–H groups in total. The smallest absolute Gasteiger partial charge is 0.243 e. The van der Waals surface area contributed by atoms with E-state index in [4.69, 9.17) is 12.6 Å². The Morgan fingerprint density at radius 1 is 0.971 bits per heavy atom. The number of fused-ring (bicyclic) bond motifs is 2. The monoisotopic (exact) mass is 494 g/mol. The van der Waals surface area contributed by atoms with Crippen LogP contribution in [0.5, 0.6) is 0 Å². The lowest BCUT2D eigenvalue weighted by Gasteiger charge is -2.38. The van der Waals surface area contributed by atoms with Crippen LogP contribution in [0.25, 0.3) is 0 Å². The van der Waals surface area contributed by atoms with Crippen LogP contribution in [-0.2, 0) is 29.1 Å². The molecule has 0 saturated carbocycles. The van der Waals surface area contributed by atoms with Gasteiger partial charge in [0, 0.05) is 50.9 Å². The number of rotatable bonds is 4. The van der Waals surface area contributed by atoms with Gasteiger partial charge in [-0.1, -0.05) is 18.2 Å². The number of amides is 2. The Morgan fingerprint density at radius 3 is 2.60 bits per heavy atom. The summed E-state index contributed by atoms with van der Waals surface area (Å²) >= 11 is 4.81. The Balaban J connectivity index is 1.07. The summed E-state index contributed by atoms with van der Waals surface area (Å²) in [5.74, 6) is -0.534. The lowest BCUT2D eigenvalue weighted by Crippen LogP contribution is -2.51. The first kappa shape index (κ1) is 23.0. The molecule has 6 rings (SSSR count). The van der Waals surface area contributed by atoms with Gasteiger partial charge in [-0.15, -0.1) is 0 Å². The van der Waals surface area contributed by atoms with Crippen molar-refractivity contribution in [2.24, 2.45) is 0 Å². The third kappa shape index (κ3) is 4.36. The SMILES string of the molecule is O=C1CCC(N2Cc3cc(CN4CCC(N5CCc6cc(F)ccc65)CC4)ccc3C2S)C(=O)N1. The molecule has 0 aromatic heterocycles. The van der Waals surface area contributed by atoms with Crippen molar-refractivity contribution in [2.45, 2.75) is 62.7 Å². The standard InChI is InChI=1S/C27H31FN4O2S/c28-20-2-4-23-18(14-20)7-12-31(23)21-8-10-30(11-9-21)15-17-1-3-22-19(13-17)16-32(27(22)35)24-5-6-25(33)29-26(24)34/h1-4,13-14,21,24,27,35H,5-12,15-16H2,(H,29,33,34). The van der Waals surface area contributed by atoms with E-state index in [0.29, 0.717) is 25.4 Å². The molecule has 4 aliphatic rings. The summed E-state index contributed by atoms with van der Waals surface area (Å²) in [7, 11) is 0. The second kappa shape index (κ2) is 9.22. The highest BCUT2D eigenvalue weighted by Gasteiger charge is 2.39. The summed E-state index contributed by atoms with van der Waals surface area (Å²) in [6.07, 6.45) is 4.09. The Hall–Kier alpha value is -2.42. The molecule has 0 spiro atoms. The fourth-order valence-electron chi connectivity index (χ4n) is 6.31. The number of likely N-dealkylation sites (tertiary alicyclic amines) is 1. The van der Waals surface area contributed by atoms with Crippen molar-refractivity contribution in [3.8, 4) is 0 Å². The predicted molar refractivity (Wildman–Crippen MR) is 136 cm³/mol. The minimum Gasteiger partial charge on any atom is -0.368 e. The fraction of sp³-hybridized carbons (Fsp3) is 0.481. The summed E-state index contributed by atoms with van der Waals surface area (Å²) in [6, 6.07) is 12.0. The molecule has 0 bridgehead atoms. The lowest BCUT2D eigenvalue weighted by molar-refractivity contribution is -0.137. The van der Waals surface area contributed by atoms with E-state index < -0.39 is 0 Å². The largest absolute Gasteiger partial charge is 0.368 e. The van der Waals surface area contributed by atoms with Crippen molar-refractivity contribution in [3.63, 3.8) is 0 Å². The van der Waals surface area contributed by atoms with E-state index in [2.05, 4.69) is 38.2 Å². The summed E-state index contributed by atoms with van der Waals surface area (Å²) in [4.78, 5) is 31.0. The van der Waals surface area contributed by atoms with Gasteiger partial charge in [0.05, 0.1) is 11.4 Å². The first-order valence-corrected chi connectivity index (χ1v) is 13.1. The normalized spacial score (nSPS) is 25.6. The molecule has 0 aliphatic carbocycles. The van der Waals surface area contributed by atoms with Gasteiger partial charge in [0.2, 0.25) is 11.8 Å². The van der Waals surface area contributed by atoms with Gasteiger partial charge in [0.1, 0.15) is 5.82 Å². The van der Waals surface area contributed by atoms with E-state index in [1.807, 2.05) is 6.07 Å². The molecule has 35 heavy (non-hydrogen) atoms. The number of hydrogen-bond acceptors (Lipinski definition) is 6. The minimum absolute atomic E-state index is 0.129. The summed E-state index contributed by atoms with van der Waals surface area (Å²) in [6.45, 7) is 4.68. The minimum atomic E-state index is -0.308. The quantitative estimate of drug-likeness (QED) is 0.504. The van der Waals surface area contributed by atoms with Gasteiger partial charge < -0.3 is 4.90 Å². The molecule has 2 saturated heterocycles. The second-order valence-electron chi connectivity index (χ2n) is 10.3. The first-order chi connectivity index (χ1) is 17.0. The van der Waals surface area contributed by atoms with Gasteiger partial charge in [-0.2, -0.15) is 12.6 Å². The number of halogens is 1. The van der Waals surface area contributed by atoms with Crippen molar-refractivity contribution in [1.82, 2.24) is 15.1 Å². The van der Waals surface area contributed by atoms with E-state index in [9.17, 15) is 14.0 Å². The highest BCUT2D eigenvalue weighted by molar-refractivity contribution is 7.80. The number of nitrogens with zero attached hydrogens (tertiary/aromatic N) is 3. The molecule has 2 aromatic rings. The number of thiol groups is 1. The molecule has 4 heterocycles. The molecule has 2 unspecified atom stereocenters. The van der Waals surface area contributed by atoms with Gasteiger partial charge in [0.25, 0.3) is 0 Å². The van der Waals surface area contributed by atoms with E-state index in [-0.39, 0.29) is 29.0 Å². The maximum absolute atomic E-state index is 13.6. The van der Waals surface area contributed by atoms with E-state index >= 15 is 0 Å². The van der Waals surface area contributed by atoms with Crippen molar-refractivity contribution < 1.29 is 14.0 Å². The van der Waals surface area contributed by atoms with E-state index in [1.54, 1.807) is 12.1 Å². The Bertz CT molecular complexity index is 1170. The molecule has 2 amide bonds. The zero-order chi connectivity index (χ0) is 24.1. The van der Waals surface area contributed by atoms with Crippen molar-refractivity contribution >= 4 is 30.1 Å². The molecule has 184 valence electrons. The molecular weight excluding hydrogens is 463 g/mol. The molecule has 2 atom stereocenters. The van der Waals surface area contributed by atoms with Gasteiger partial charge >= 0.3 is 0 Å². The number of carbonyl (C=O) groups is 2. The first-order valence-electron chi connectivity index (χ1n) is 12.6. The van der Waals surface area contributed by atoms with Crippen molar-refractivity contribution in [2.75, 3.05) is 24.5 Å². The van der Waals surface area contributed by atoms with Crippen LogP contribution in [0.15, 0.2) is 36.4 Å². The molecule has 2 aromatic carbocycles. The molecule has 8 heteroatoms. The van der Waals surface area contributed by atoms with Crippen LogP contribution in [0.1, 0.15) is 53.3 Å². The van der Waals surface area contributed by atoms with Crippen LogP contribution in [0.3, 0.4) is 0 Å². The van der Waals surface area contributed by atoms with Crippen LogP contribution >= 0.6 is 12.6 Å². The van der Waals surface area contributed by atoms with Crippen molar-refractivity contribution in [1.29, 1.82) is 0 Å². The highest BCUT2D eigenvalue weighted by Crippen LogP contribution is 2.40. The third-order valence-electron chi connectivity index (χ3n) is 8.14. The maximum atomic E-state index is 13.6. The number of imide groups is 1. The zero-order valence-electron chi connectivity index (χ0n) is 19.8. The number of hydrogen-bond donors (Lipinski definition) is 2. The molecule has 6 nitrogen and oxygen atoms in total. The van der Waals surface area contributed by atoms with Crippen LogP contribution in [0.4, 0.5) is 10.1 Å². The summed E-state index contributed by atoms with van der Waals surface area (Å²) in [5.41, 5.74) is 6.02. The number of nitrogens with one attached hydrogen (secondary N) is 1. The van der Waals surface area contributed by atoms with Crippen LogP contribution in [0, 0.1) is 5.82 Å². The van der Waals surface area contributed by atoms with Crippen LogP contribution in [0.2, 0.25) is 0 Å². The third-order valence-corrected chi connectivity index (χ3v) is 8.71. The predicted octanol–water partition coefficient (Wildman–Crippen LogP) is 3.40. The lowest BCUT2D eigenvalue weighted by atomic mass is 10.0. The van der Waals surface area contributed by atoms with Gasteiger partial charge in [-0.05, 0) is 66.1 Å².